The zero-order valence-electron chi connectivity index (χ0n) is 14.0. The van der Waals surface area contributed by atoms with Gasteiger partial charge in [0.1, 0.15) is 11.5 Å². The number of alkyl carbamates (subject to hydrolysis) is 1. The maximum absolute atomic E-state index is 11.6. The fraction of sp³-hybridized carbons (Fsp3) is 0.562. The van der Waals surface area contributed by atoms with E-state index >= 15 is 0 Å². The Morgan fingerprint density at radius 3 is 2.57 bits per heavy atom. The van der Waals surface area contributed by atoms with Crippen LogP contribution in [0.4, 0.5) is 4.79 Å². The van der Waals surface area contributed by atoms with E-state index in [4.69, 9.17) is 18.9 Å². The average Bonchev–Trinajstić information content (AvgIpc) is 2.55. The van der Waals surface area contributed by atoms with Gasteiger partial charge in [0.05, 0.1) is 24.8 Å². The molecule has 23 heavy (non-hydrogen) atoms. The topological polar surface area (TPSA) is 66.0 Å². The molecule has 1 amide bonds. The number of carbonyl (C=O) groups excluding carboxylic acids is 1. The number of hydrogen-bond acceptors (Lipinski definition) is 5. The summed E-state index contributed by atoms with van der Waals surface area (Å²) in [5, 5.41) is 2.68. The first-order valence-electron chi connectivity index (χ1n) is 7.44. The van der Waals surface area contributed by atoms with Crippen molar-refractivity contribution >= 4 is 22.0 Å². The summed E-state index contributed by atoms with van der Waals surface area (Å²) in [6.45, 7) is 4.30. The first-order chi connectivity index (χ1) is 11.0. The van der Waals surface area contributed by atoms with E-state index in [1.54, 1.807) is 14.2 Å². The molecule has 0 aliphatic rings. The van der Waals surface area contributed by atoms with Gasteiger partial charge in [-0.2, -0.15) is 0 Å². The van der Waals surface area contributed by atoms with Crippen LogP contribution < -0.4 is 14.8 Å². The van der Waals surface area contributed by atoms with Crippen molar-refractivity contribution in [2.45, 2.75) is 32.8 Å². The Kier molecular flexibility index (Phi) is 8.79. The highest BCUT2D eigenvalue weighted by molar-refractivity contribution is 9.10. The van der Waals surface area contributed by atoms with Crippen molar-refractivity contribution in [2.24, 2.45) is 0 Å². The number of amides is 1. The Labute approximate surface area is 145 Å². The summed E-state index contributed by atoms with van der Waals surface area (Å²) < 4.78 is 21.6. The lowest BCUT2D eigenvalue weighted by atomic mass is 10.1. The van der Waals surface area contributed by atoms with Crippen LogP contribution in [0.25, 0.3) is 0 Å². The van der Waals surface area contributed by atoms with Gasteiger partial charge in [0.2, 0.25) is 0 Å². The third-order valence-corrected chi connectivity index (χ3v) is 3.96. The molecule has 0 aliphatic carbocycles. The highest BCUT2D eigenvalue weighted by atomic mass is 79.9. The largest absolute Gasteiger partial charge is 0.496 e. The van der Waals surface area contributed by atoms with Gasteiger partial charge >= 0.3 is 6.09 Å². The van der Waals surface area contributed by atoms with E-state index < -0.39 is 6.09 Å². The van der Waals surface area contributed by atoms with E-state index in [0.717, 1.165) is 22.2 Å². The van der Waals surface area contributed by atoms with Crippen molar-refractivity contribution in [2.75, 3.05) is 27.6 Å². The monoisotopic (exact) mass is 389 g/mol. The summed E-state index contributed by atoms with van der Waals surface area (Å²) in [6.07, 6.45) is 1.03. The standard InChI is InChI=1S/C16H24BrNO5/c1-5-11(2)22-10-23-16(19)18-7-6-12-8-15(21-4)13(17)9-14(12)20-3/h8-9,11H,5-7,10H2,1-4H3,(H,18,19). The predicted molar refractivity (Wildman–Crippen MR) is 91.1 cm³/mol. The van der Waals surface area contributed by atoms with E-state index in [1.165, 1.54) is 0 Å². The number of rotatable bonds is 9. The van der Waals surface area contributed by atoms with Gasteiger partial charge in [-0.1, -0.05) is 6.92 Å². The van der Waals surface area contributed by atoms with Crippen LogP contribution in [0.15, 0.2) is 16.6 Å². The molecular formula is C16H24BrNO5. The highest BCUT2D eigenvalue weighted by Crippen LogP contribution is 2.32. The highest BCUT2D eigenvalue weighted by Gasteiger charge is 2.10. The van der Waals surface area contributed by atoms with Crippen molar-refractivity contribution in [1.29, 1.82) is 0 Å². The van der Waals surface area contributed by atoms with Crippen LogP contribution in [-0.4, -0.2) is 39.8 Å². The molecule has 7 heteroatoms. The molecule has 0 aromatic heterocycles. The number of ether oxygens (including phenoxy) is 4. The van der Waals surface area contributed by atoms with Crippen LogP contribution in [-0.2, 0) is 15.9 Å². The van der Waals surface area contributed by atoms with Crippen LogP contribution in [0.5, 0.6) is 11.5 Å². The molecule has 0 radical (unpaired) electrons. The first kappa shape index (κ1) is 19.6. The lowest BCUT2D eigenvalue weighted by Gasteiger charge is -2.13. The van der Waals surface area contributed by atoms with Crippen LogP contribution in [0.1, 0.15) is 25.8 Å². The Hall–Kier alpha value is -1.47. The van der Waals surface area contributed by atoms with Gasteiger partial charge in [-0.15, -0.1) is 0 Å². The lowest BCUT2D eigenvalue weighted by molar-refractivity contribution is -0.0510. The Bertz CT molecular complexity index is 509. The minimum absolute atomic E-state index is 0.0454. The summed E-state index contributed by atoms with van der Waals surface area (Å²) in [5.74, 6) is 1.44. The second kappa shape index (κ2) is 10.3. The maximum Gasteiger partial charge on any atom is 0.409 e. The number of halogens is 1. The molecule has 6 nitrogen and oxygen atoms in total. The van der Waals surface area contributed by atoms with E-state index in [0.29, 0.717) is 18.7 Å². The molecule has 0 saturated carbocycles. The molecule has 0 saturated heterocycles. The van der Waals surface area contributed by atoms with Gasteiger partial charge in [-0.25, -0.2) is 4.79 Å². The van der Waals surface area contributed by atoms with E-state index in [2.05, 4.69) is 21.2 Å². The average molecular weight is 390 g/mol. The molecule has 1 aromatic rings. The summed E-state index contributed by atoms with van der Waals surface area (Å²) in [6, 6.07) is 3.72. The third kappa shape index (κ3) is 6.66. The molecule has 1 rings (SSSR count). The van der Waals surface area contributed by atoms with E-state index in [1.807, 2.05) is 26.0 Å². The zero-order valence-corrected chi connectivity index (χ0v) is 15.6. The molecule has 0 heterocycles. The Balaban J connectivity index is 2.44. The van der Waals surface area contributed by atoms with Crippen LogP contribution >= 0.6 is 15.9 Å². The number of carbonyl (C=O) groups is 1. The molecule has 130 valence electrons. The van der Waals surface area contributed by atoms with Gasteiger partial charge in [0, 0.05) is 6.54 Å². The SMILES string of the molecule is CCC(C)OCOC(=O)NCCc1cc(OC)c(Br)cc1OC. The number of nitrogens with one attached hydrogen (secondary N) is 1. The van der Waals surface area contributed by atoms with Gasteiger partial charge in [-0.05, 0) is 53.4 Å². The van der Waals surface area contributed by atoms with Crippen molar-refractivity contribution < 1.29 is 23.7 Å². The third-order valence-electron chi connectivity index (χ3n) is 3.34. The Morgan fingerprint density at radius 2 is 1.96 bits per heavy atom. The quantitative estimate of drug-likeness (QED) is 0.654. The fourth-order valence-corrected chi connectivity index (χ4v) is 2.28. The molecule has 0 aliphatic heterocycles. The summed E-state index contributed by atoms with van der Waals surface area (Å²) in [4.78, 5) is 11.6. The first-order valence-corrected chi connectivity index (χ1v) is 8.23. The minimum atomic E-state index is -0.503. The van der Waals surface area contributed by atoms with E-state index in [-0.39, 0.29) is 12.9 Å². The lowest BCUT2D eigenvalue weighted by Crippen LogP contribution is -2.28. The van der Waals surface area contributed by atoms with Crippen molar-refractivity contribution in [3.63, 3.8) is 0 Å². The molecule has 1 unspecified atom stereocenters. The molecular weight excluding hydrogens is 366 g/mol. The number of hydrogen-bond donors (Lipinski definition) is 1. The molecule has 1 aromatic carbocycles. The summed E-state index contributed by atoms with van der Waals surface area (Å²) in [5.41, 5.74) is 0.934. The van der Waals surface area contributed by atoms with Crippen LogP contribution in [0, 0.1) is 0 Å². The summed E-state index contributed by atoms with van der Waals surface area (Å²) >= 11 is 3.41. The van der Waals surface area contributed by atoms with Gasteiger partial charge < -0.3 is 24.3 Å². The van der Waals surface area contributed by atoms with Gasteiger partial charge in [0.25, 0.3) is 0 Å². The fourth-order valence-electron chi connectivity index (χ4n) is 1.79. The predicted octanol–water partition coefficient (Wildman–Crippen LogP) is 3.51. The molecule has 0 fully saturated rings. The van der Waals surface area contributed by atoms with Gasteiger partial charge in [-0.3, -0.25) is 0 Å². The van der Waals surface area contributed by atoms with Crippen molar-refractivity contribution in [3.8, 4) is 11.5 Å². The van der Waals surface area contributed by atoms with Crippen molar-refractivity contribution in [1.82, 2.24) is 5.32 Å². The normalized spacial score (nSPS) is 11.7. The number of benzene rings is 1. The van der Waals surface area contributed by atoms with Crippen LogP contribution in [0.3, 0.4) is 0 Å². The molecule has 0 spiro atoms. The second-order valence-electron chi connectivity index (χ2n) is 4.91. The molecule has 0 bridgehead atoms. The molecule has 1 N–H and O–H groups in total. The van der Waals surface area contributed by atoms with Gasteiger partial charge in [0.15, 0.2) is 6.79 Å². The second-order valence-corrected chi connectivity index (χ2v) is 5.76. The van der Waals surface area contributed by atoms with Crippen LogP contribution in [0.2, 0.25) is 0 Å². The zero-order chi connectivity index (χ0) is 17.2. The smallest absolute Gasteiger partial charge is 0.409 e. The minimum Gasteiger partial charge on any atom is -0.496 e. The maximum atomic E-state index is 11.6. The molecule has 1 atom stereocenters. The Morgan fingerprint density at radius 1 is 1.26 bits per heavy atom. The van der Waals surface area contributed by atoms with Crippen molar-refractivity contribution in [3.05, 3.63) is 22.2 Å². The summed E-state index contributed by atoms with van der Waals surface area (Å²) in [7, 11) is 3.20. The van der Waals surface area contributed by atoms with E-state index in [9.17, 15) is 4.79 Å². The number of methoxy groups -OCH3 is 2.